The minimum Gasteiger partial charge on any atom is -0.491 e. The van der Waals surface area contributed by atoms with Crippen LogP contribution in [0.25, 0.3) is 0 Å². The van der Waals surface area contributed by atoms with Crippen LogP contribution in [0, 0.1) is 5.92 Å². The van der Waals surface area contributed by atoms with E-state index in [1.54, 1.807) is 0 Å². The molecule has 0 saturated carbocycles. The molecule has 1 aliphatic rings. The van der Waals surface area contributed by atoms with Crippen molar-refractivity contribution in [2.24, 2.45) is 5.92 Å². The second-order valence-corrected chi connectivity index (χ2v) is 5.97. The van der Waals surface area contributed by atoms with Gasteiger partial charge in [0.05, 0.1) is 12.5 Å². The smallest absolute Gasteiger partial charge is 0.224 e. The van der Waals surface area contributed by atoms with Crippen LogP contribution in [-0.2, 0) is 11.2 Å². The number of carbonyl (C=O) groups excluding carboxylic acids is 1. The Hall–Kier alpha value is -1.55. The van der Waals surface area contributed by atoms with Gasteiger partial charge in [0.1, 0.15) is 5.75 Å². The van der Waals surface area contributed by atoms with E-state index in [2.05, 4.69) is 10.6 Å². The van der Waals surface area contributed by atoms with Crippen LogP contribution in [0.2, 0.25) is 0 Å². The summed E-state index contributed by atoms with van der Waals surface area (Å²) in [5.41, 5.74) is 0.950. The van der Waals surface area contributed by atoms with E-state index in [4.69, 9.17) is 4.74 Å². The fourth-order valence-corrected chi connectivity index (χ4v) is 2.61. The van der Waals surface area contributed by atoms with Crippen molar-refractivity contribution in [1.82, 2.24) is 10.6 Å². The molecule has 4 nitrogen and oxygen atoms in total. The minimum atomic E-state index is 0.0698. The van der Waals surface area contributed by atoms with E-state index < -0.39 is 0 Å². The lowest BCUT2D eigenvalue weighted by molar-refractivity contribution is -0.120. The first kappa shape index (κ1) is 15.8. The number of amides is 1. The normalized spacial score (nSPS) is 18.5. The lowest BCUT2D eigenvalue weighted by atomic mass is 9.99. The van der Waals surface area contributed by atoms with Crippen molar-refractivity contribution in [2.45, 2.75) is 39.2 Å². The standard InChI is InChI=1S/C17H26N2O2/c1-13(2)21-16-8-4-3-7-15(16)10-17(20)19-12-14-6-5-9-18-11-14/h3-4,7-8,13-14,18H,5-6,9-12H2,1-2H3,(H,19,20). The third kappa shape index (κ3) is 5.38. The molecule has 4 heteroatoms. The lowest BCUT2D eigenvalue weighted by Crippen LogP contribution is -2.38. The van der Waals surface area contributed by atoms with Gasteiger partial charge < -0.3 is 15.4 Å². The van der Waals surface area contributed by atoms with Crippen LogP contribution in [0.4, 0.5) is 0 Å². The van der Waals surface area contributed by atoms with Crippen LogP contribution in [0.5, 0.6) is 5.75 Å². The van der Waals surface area contributed by atoms with Crippen molar-refractivity contribution in [3.8, 4) is 5.75 Å². The van der Waals surface area contributed by atoms with E-state index in [1.165, 1.54) is 12.8 Å². The maximum atomic E-state index is 12.1. The van der Waals surface area contributed by atoms with Gasteiger partial charge in [-0.15, -0.1) is 0 Å². The molecule has 1 amide bonds. The largest absolute Gasteiger partial charge is 0.491 e. The molecule has 21 heavy (non-hydrogen) atoms. The topological polar surface area (TPSA) is 50.4 Å². The summed E-state index contributed by atoms with van der Waals surface area (Å²) in [6, 6.07) is 7.76. The summed E-state index contributed by atoms with van der Waals surface area (Å²) in [7, 11) is 0. The second-order valence-electron chi connectivity index (χ2n) is 5.97. The number of rotatable bonds is 6. The maximum Gasteiger partial charge on any atom is 0.224 e. The quantitative estimate of drug-likeness (QED) is 0.844. The molecule has 1 unspecified atom stereocenters. The zero-order valence-corrected chi connectivity index (χ0v) is 13.0. The Morgan fingerprint density at radius 2 is 2.24 bits per heavy atom. The van der Waals surface area contributed by atoms with Gasteiger partial charge in [-0.25, -0.2) is 0 Å². The highest BCUT2D eigenvalue weighted by Crippen LogP contribution is 2.20. The molecule has 1 fully saturated rings. The van der Waals surface area contributed by atoms with Crippen LogP contribution in [0.3, 0.4) is 0 Å². The molecule has 0 aromatic heterocycles. The average Bonchev–Trinajstić information content (AvgIpc) is 2.48. The van der Waals surface area contributed by atoms with Crippen LogP contribution >= 0.6 is 0 Å². The monoisotopic (exact) mass is 290 g/mol. The third-order valence-electron chi connectivity index (χ3n) is 3.67. The molecule has 0 spiro atoms. The van der Waals surface area contributed by atoms with Crippen LogP contribution < -0.4 is 15.4 Å². The van der Waals surface area contributed by atoms with E-state index in [9.17, 15) is 4.79 Å². The molecule has 116 valence electrons. The van der Waals surface area contributed by atoms with Crippen molar-refractivity contribution in [1.29, 1.82) is 0 Å². The predicted molar refractivity (Wildman–Crippen MR) is 84.5 cm³/mol. The molecule has 1 heterocycles. The van der Waals surface area contributed by atoms with Crippen molar-refractivity contribution < 1.29 is 9.53 Å². The van der Waals surface area contributed by atoms with E-state index >= 15 is 0 Å². The molecule has 0 radical (unpaired) electrons. The van der Waals surface area contributed by atoms with E-state index in [0.29, 0.717) is 12.3 Å². The Labute approximate surface area is 127 Å². The lowest BCUT2D eigenvalue weighted by Gasteiger charge is -2.23. The zero-order chi connectivity index (χ0) is 15.1. The van der Waals surface area contributed by atoms with Gasteiger partial charge in [0.2, 0.25) is 5.91 Å². The van der Waals surface area contributed by atoms with E-state index in [1.807, 2.05) is 38.1 Å². The molecule has 1 aromatic rings. The van der Waals surface area contributed by atoms with Crippen LogP contribution in [0.15, 0.2) is 24.3 Å². The highest BCUT2D eigenvalue weighted by atomic mass is 16.5. The van der Waals surface area contributed by atoms with Gasteiger partial charge in [0.15, 0.2) is 0 Å². The molecule has 0 bridgehead atoms. The predicted octanol–water partition coefficient (Wildman–Crippen LogP) is 2.13. The number of ether oxygens (including phenoxy) is 1. The van der Waals surface area contributed by atoms with Gasteiger partial charge in [-0.2, -0.15) is 0 Å². The molecule has 0 aliphatic carbocycles. The Bertz CT molecular complexity index is 454. The van der Waals surface area contributed by atoms with Gasteiger partial charge in [0, 0.05) is 12.1 Å². The summed E-state index contributed by atoms with van der Waals surface area (Å²) in [5.74, 6) is 1.44. The Morgan fingerprint density at radius 3 is 2.95 bits per heavy atom. The SMILES string of the molecule is CC(C)Oc1ccccc1CC(=O)NCC1CCCNC1. The summed E-state index contributed by atoms with van der Waals surface area (Å²) in [6.07, 6.45) is 2.89. The van der Waals surface area contributed by atoms with Gasteiger partial charge in [-0.1, -0.05) is 18.2 Å². The molecule has 1 atom stereocenters. The number of carbonyl (C=O) groups is 1. The maximum absolute atomic E-state index is 12.1. The summed E-state index contributed by atoms with van der Waals surface area (Å²) >= 11 is 0. The first-order valence-corrected chi connectivity index (χ1v) is 7.87. The zero-order valence-electron chi connectivity index (χ0n) is 13.0. The number of para-hydroxylation sites is 1. The highest BCUT2D eigenvalue weighted by molar-refractivity contribution is 5.79. The number of nitrogens with one attached hydrogen (secondary N) is 2. The third-order valence-corrected chi connectivity index (χ3v) is 3.67. The number of hydrogen-bond donors (Lipinski definition) is 2. The molecular formula is C17H26N2O2. The minimum absolute atomic E-state index is 0.0698. The number of piperidine rings is 1. The van der Waals surface area contributed by atoms with Crippen molar-refractivity contribution in [3.63, 3.8) is 0 Å². The van der Waals surface area contributed by atoms with Crippen molar-refractivity contribution in [2.75, 3.05) is 19.6 Å². The fourth-order valence-electron chi connectivity index (χ4n) is 2.61. The molecule has 2 rings (SSSR count). The second kappa shape index (κ2) is 8.03. The molecule has 1 saturated heterocycles. The number of benzene rings is 1. The van der Waals surface area contributed by atoms with Crippen molar-refractivity contribution >= 4 is 5.91 Å². The Balaban J connectivity index is 1.84. The number of hydrogen-bond acceptors (Lipinski definition) is 3. The summed E-state index contributed by atoms with van der Waals surface area (Å²) in [5, 5.41) is 6.41. The highest BCUT2D eigenvalue weighted by Gasteiger charge is 2.15. The van der Waals surface area contributed by atoms with E-state index in [-0.39, 0.29) is 12.0 Å². The first-order valence-electron chi connectivity index (χ1n) is 7.87. The Kier molecular flexibility index (Phi) is 6.05. The van der Waals surface area contributed by atoms with Gasteiger partial charge in [-0.05, 0) is 51.8 Å². The summed E-state index contributed by atoms with van der Waals surface area (Å²) < 4.78 is 5.75. The summed E-state index contributed by atoms with van der Waals surface area (Å²) in [6.45, 7) is 6.86. The van der Waals surface area contributed by atoms with Gasteiger partial charge in [-0.3, -0.25) is 4.79 Å². The van der Waals surface area contributed by atoms with Crippen molar-refractivity contribution in [3.05, 3.63) is 29.8 Å². The van der Waals surface area contributed by atoms with Crippen LogP contribution in [-0.4, -0.2) is 31.6 Å². The van der Waals surface area contributed by atoms with Gasteiger partial charge in [0.25, 0.3) is 0 Å². The van der Waals surface area contributed by atoms with E-state index in [0.717, 1.165) is 30.9 Å². The average molecular weight is 290 g/mol. The van der Waals surface area contributed by atoms with Gasteiger partial charge >= 0.3 is 0 Å². The fraction of sp³-hybridized carbons (Fsp3) is 0.588. The summed E-state index contributed by atoms with van der Waals surface area (Å²) in [4.78, 5) is 12.1. The molecule has 1 aliphatic heterocycles. The Morgan fingerprint density at radius 1 is 1.43 bits per heavy atom. The molecule has 1 aromatic carbocycles. The van der Waals surface area contributed by atoms with Crippen LogP contribution in [0.1, 0.15) is 32.3 Å². The first-order chi connectivity index (χ1) is 10.1. The molecule has 2 N–H and O–H groups in total. The molecular weight excluding hydrogens is 264 g/mol.